The third-order valence-corrected chi connectivity index (χ3v) is 1.82. The summed E-state index contributed by atoms with van der Waals surface area (Å²) in [6.07, 6.45) is -0.457. The van der Waals surface area contributed by atoms with E-state index in [0.29, 0.717) is 12.3 Å². The van der Waals surface area contributed by atoms with E-state index in [2.05, 4.69) is 5.32 Å². The van der Waals surface area contributed by atoms with Gasteiger partial charge >= 0.3 is 6.09 Å². The quantitative estimate of drug-likeness (QED) is 0.804. The van der Waals surface area contributed by atoms with Gasteiger partial charge in [0.1, 0.15) is 5.75 Å². The Morgan fingerprint density at radius 3 is 2.69 bits per heavy atom. The highest BCUT2D eigenvalue weighted by atomic mass is 16.6. The summed E-state index contributed by atoms with van der Waals surface area (Å²) in [7, 11) is 0. The third-order valence-electron chi connectivity index (χ3n) is 1.82. The van der Waals surface area contributed by atoms with Gasteiger partial charge in [0.15, 0.2) is 0 Å². The van der Waals surface area contributed by atoms with Crippen molar-refractivity contribution >= 4 is 6.09 Å². The molecule has 88 valence electrons. The number of nitrogens with one attached hydrogen (secondary N) is 1. The minimum atomic E-state index is -0.457. The molecule has 0 aliphatic heterocycles. The van der Waals surface area contributed by atoms with Crippen LogP contribution in [0.4, 0.5) is 4.79 Å². The second-order valence-corrected chi connectivity index (χ2v) is 4.62. The van der Waals surface area contributed by atoms with Crippen molar-refractivity contribution in [1.29, 1.82) is 0 Å². The number of carbonyl (C=O) groups is 1. The fourth-order valence-electron chi connectivity index (χ4n) is 1.17. The highest BCUT2D eigenvalue weighted by Gasteiger charge is 2.15. The number of amides is 1. The zero-order valence-electron chi connectivity index (χ0n) is 9.91. The van der Waals surface area contributed by atoms with Crippen LogP contribution in [0.15, 0.2) is 24.3 Å². The molecule has 0 heterocycles. The first kappa shape index (κ1) is 12.5. The van der Waals surface area contributed by atoms with Crippen LogP contribution in [0.3, 0.4) is 0 Å². The third kappa shape index (κ3) is 4.31. The molecular weight excluding hydrogens is 204 g/mol. The van der Waals surface area contributed by atoms with Gasteiger partial charge in [0.25, 0.3) is 0 Å². The van der Waals surface area contributed by atoms with Crippen LogP contribution < -0.4 is 15.8 Å². The molecule has 4 nitrogen and oxygen atoms in total. The molecule has 0 radical (unpaired) electrons. The number of hydrogen-bond acceptors (Lipinski definition) is 3. The van der Waals surface area contributed by atoms with Gasteiger partial charge in [-0.25, -0.2) is 4.79 Å². The minimum Gasteiger partial charge on any atom is -0.410 e. The molecule has 0 bridgehead atoms. The summed E-state index contributed by atoms with van der Waals surface area (Å²) in [5, 5.41) is 2.71. The Hall–Kier alpha value is -1.55. The van der Waals surface area contributed by atoms with Gasteiger partial charge < -0.3 is 15.8 Å². The molecule has 0 spiro atoms. The van der Waals surface area contributed by atoms with Crippen molar-refractivity contribution in [3.05, 3.63) is 29.8 Å². The zero-order chi connectivity index (χ0) is 12.2. The Morgan fingerprint density at radius 1 is 1.44 bits per heavy atom. The van der Waals surface area contributed by atoms with Gasteiger partial charge in [-0.05, 0) is 38.5 Å². The molecule has 3 N–H and O–H groups in total. The van der Waals surface area contributed by atoms with Crippen LogP contribution in [0.5, 0.6) is 5.75 Å². The first-order valence-corrected chi connectivity index (χ1v) is 5.20. The Balaban J connectivity index is 2.62. The first-order valence-electron chi connectivity index (χ1n) is 5.20. The second kappa shape index (κ2) is 4.99. The number of rotatable bonds is 2. The van der Waals surface area contributed by atoms with E-state index in [9.17, 15) is 4.79 Å². The molecule has 1 aromatic carbocycles. The van der Waals surface area contributed by atoms with Gasteiger partial charge in [0.2, 0.25) is 0 Å². The molecule has 0 atom stereocenters. The van der Waals surface area contributed by atoms with Crippen LogP contribution in [0.2, 0.25) is 0 Å². The zero-order valence-corrected chi connectivity index (χ0v) is 9.91. The van der Waals surface area contributed by atoms with Crippen LogP contribution in [0, 0.1) is 0 Å². The Bertz CT molecular complexity index is 370. The molecule has 0 unspecified atom stereocenters. The standard InChI is InChI=1S/C12H18N2O2/c1-12(2,3)14-11(15)16-10-6-4-5-9(7-10)8-13/h4-7H,8,13H2,1-3H3,(H,14,15). The average molecular weight is 222 g/mol. The number of nitrogens with two attached hydrogens (primary N) is 1. The molecule has 1 amide bonds. The predicted molar refractivity (Wildman–Crippen MR) is 63.2 cm³/mol. The van der Waals surface area contributed by atoms with E-state index < -0.39 is 6.09 Å². The smallest absolute Gasteiger partial charge is 0.410 e. The molecule has 0 saturated carbocycles. The summed E-state index contributed by atoms with van der Waals surface area (Å²) < 4.78 is 5.13. The molecule has 16 heavy (non-hydrogen) atoms. The van der Waals surface area contributed by atoms with Crippen molar-refractivity contribution in [1.82, 2.24) is 5.32 Å². The molecule has 4 heteroatoms. The lowest BCUT2D eigenvalue weighted by molar-refractivity contribution is 0.190. The number of hydrogen-bond donors (Lipinski definition) is 2. The molecule has 0 saturated heterocycles. The average Bonchev–Trinajstić information content (AvgIpc) is 2.15. The maximum absolute atomic E-state index is 11.5. The van der Waals surface area contributed by atoms with Crippen molar-refractivity contribution in [2.24, 2.45) is 5.73 Å². The maximum atomic E-state index is 11.5. The van der Waals surface area contributed by atoms with E-state index in [4.69, 9.17) is 10.5 Å². The Kier molecular flexibility index (Phi) is 3.90. The van der Waals surface area contributed by atoms with Crippen molar-refractivity contribution in [3.63, 3.8) is 0 Å². The van der Waals surface area contributed by atoms with Gasteiger partial charge in [-0.15, -0.1) is 0 Å². The normalized spacial score (nSPS) is 11.0. The van der Waals surface area contributed by atoms with Crippen molar-refractivity contribution in [3.8, 4) is 5.75 Å². The highest BCUT2D eigenvalue weighted by molar-refractivity contribution is 5.71. The summed E-state index contributed by atoms with van der Waals surface area (Å²) in [4.78, 5) is 11.5. The van der Waals surface area contributed by atoms with Crippen molar-refractivity contribution in [2.45, 2.75) is 32.9 Å². The van der Waals surface area contributed by atoms with Crippen molar-refractivity contribution in [2.75, 3.05) is 0 Å². The highest BCUT2D eigenvalue weighted by Crippen LogP contribution is 2.13. The maximum Gasteiger partial charge on any atom is 0.413 e. The van der Waals surface area contributed by atoms with Crippen molar-refractivity contribution < 1.29 is 9.53 Å². The lowest BCUT2D eigenvalue weighted by Gasteiger charge is -2.19. The monoisotopic (exact) mass is 222 g/mol. The van der Waals surface area contributed by atoms with E-state index in [1.54, 1.807) is 12.1 Å². The molecule has 0 aliphatic carbocycles. The van der Waals surface area contributed by atoms with Gasteiger partial charge in [-0.2, -0.15) is 0 Å². The molecule has 1 aromatic rings. The lowest BCUT2D eigenvalue weighted by atomic mass is 10.1. The number of benzene rings is 1. The molecule has 0 aliphatic rings. The van der Waals surface area contributed by atoms with E-state index in [1.165, 1.54) is 0 Å². The van der Waals surface area contributed by atoms with Crippen LogP contribution >= 0.6 is 0 Å². The first-order chi connectivity index (χ1) is 7.40. The Morgan fingerprint density at radius 2 is 2.12 bits per heavy atom. The topological polar surface area (TPSA) is 64.3 Å². The molecular formula is C12H18N2O2. The van der Waals surface area contributed by atoms with Gasteiger partial charge in [-0.1, -0.05) is 12.1 Å². The summed E-state index contributed by atoms with van der Waals surface area (Å²) in [6, 6.07) is 7.17. The van der Waals surface area contributed by atoms with Crippen LogP contribution in [-0.2, 0) is 6.54 Å². The van der Waals surface area contributed by atoms with Gasteiger partial charge in [0.05, 0.1) is 0 Å². The van der Waals surface area contributed by atoms with E-state index in [0.717, 1.165) is 5.56 Å². The summed E-state index contributed by atoms with van der Waals surface area (Å²) in [5.41, 5.74) is 6.12. The predicted octanol–water partition coefficient (Wildman–Crippen LogP) is 2.03. The summed E-state index contributed by atoms with van der Waals surface area (Å²) in [6.45, 7) is 6.11. The Labute approximate surface area is 95.8 Å². The largest absolute Gasteiger partial charge is 0.413 e. The number of carbonyl (C=O) groups excluding carboxylic acids is 1. The van der Waals surface area contributed by atoms with Gasteiger partial charge in [0, 0.05) is 12.1 Å². The van der Waals surface area contributed by atoms with E-state index in [1.807, 2.05) is 32.9 Å². The van der Waals surface area contributed by atoms with Crippen LogP contribution in [0.1, 0.15) is 26.3 Å². The van der Waals surface area contributed by atoms with Gasteiger partial charge in [-0.3, -0.25) is 0 Å². The second-order valence-electron chi connectivity index (χ2n) is 4.62. The summed E-state index contributed by atoms with van der Waals surface area (Å²) >= 11 is 0. The van der Waals surface area contributed by atoms with Crippen LogP contribution in [0.25, 0.3) is 0 Å². The molecule has 1 rings (SSSR count). The van der Waals surface area contributed by atoms with E-state index in [-0.39, 0.29) is 5.54 Å². The summed E-state index contributed by atoms with van der Waals surface area (Å²) in [5.74, 6) is 0.504. The number of ether oxygens (including phenoxy) is 1. The fraction of sp³-hybridized carbons (Fsp3) is 0.417. The van der Waals surface area contributed by atoms with Crippen LogP contribution in [-0.4, -0.2) is 11.6 Å². The SMILES string of the molecule is CC(C)(C)NC(=O)Oc1cccc(CN)c1. The molecule has 0 fully saturated rings. The minimum absolute atomic E-state index is 0.303. The van der Waals surface area contributed by atoms with E-state index >= 15 is 0 Å². The fourth-order valence-corrected chi connectivity index (χ4v) is 1.17. The lowest BCUT2D eigenvalue weighted by Crippen LogP contribution is -2.42. The molecule has 0 aromatic heterocycles.